The van der Waals surface area contributed by atoms with Gasteiger partial charge in [0.05, 0.1) is 17.5 Å². The second-order valence-corrected chi connectivity index (χ2v) is 14.6. The zero-order valence-electron chi connectivity index (χ0n) is 27.0. The number of likely N-dealkylation sites (N-methyl/N-ethyl adjacent to an activating group) is 1. The maximum absolute atomic E-state index is 14.1. The first-order valence-electron chi connectivity index (χ1n) is 15.6. The molecule has 3 aliphatic carbocycles. The van der Waals surface area contributed by atoms with E-state index < -0.39 is 75.5 Å². The van der Waals surface area contributed by atoms with Crippen molar-refractivity contribution in [3.8, 4) is 11.5 Å². The predicted molar refractivity (Wildman–Crippen MR) is 171 cm³/mol. The highest BCUT2D eigenvalue weighted by atomic mass is 35.5. The van der Waals surface area contributed by atoms with Gasteiger partial charge in [0, 0.05) is 46.6 Å². The van der Waals surface area contributed by atoms with Gasteiger partial charge in [0.2, 0.25) is 11.8 Å². The first-order valence-corrected chi connectivity index (χ1v) is 16.1. The summed E-state index contributed by atoms with van der Waals surface area (Å²) >= 11 is 5.90. The van der Waals surface area contributed by atoms with E-state index in [1.54, 1.807) is 43.9 Å². The molecule has 13 heteroatoms. The molecule has 0 aliphatic heterocycles. The Morgan fingerprint density at radius 2 is 1.70 bits per heavy atom. The predicted octanol–water partition coefficient (Wildman–Crippen LogP) is 1.73. The number of nitrogens with two attached hydrogens (primary N) is 1. The molecule has 0 saturated heterocycles. The minimum Gasteiger partial charge on any atom is -0.507 e. The van der Waals surface area contributed by atoms with E-state index in [-0.39, 0.29) is 52.9 Å². The molecule has 2 aromatic rings. The molecule has 2 saturated carbocycles. The zero-order chi connectivity index (χ0) is 34.9. The number of phenols is 2. The molecule has 3 aliphatic rings. The third-order valence-corrected chi connectivity index (χ3v) is 10.2. The van der Waals surface area contributed by atoms with E-state index in [2.05, 4.69) is 0 Å². The summed E-state index contributed by atoms with van der Waals surface area (Å²) in [6.45, 7) is 5.97. The molecule has 0 spiro atoms. The van der Waals surface area contributed by atoms with Crippen molar-refractivity contribution in [1.29, 1.82) is 0 Å². The topological polar surface area (TPSA) is 196 Å². The van der Waals surface area contributed by atoms with Crippen molar-refractivity contribution in [2.75, 3.05) is 26.5 Å². The zero-order valence-corrected chi connectivity index (χ0v) is 27.8. The monoisotopic (exact) mass is 669 g/mol. The molecule has 6 atom stereocenters. The number of phenolic OH excluding ortho intramolecular Hbond substituents is 2. The highest BCUT2D eigenvalue weighted by Crippen LogP contribution is 2.53. The van der Waals surface area contributed by atoms with Crippen LogP contribution in [0.4, 0.5) is 0 Å². The number of halogens is 1. The lowest BCUT2D eigenvalue weighted by molar-refractivity contribution is -0.181. The average Bonchev–Trinajstić information content (AvgIpc) is 2.98. The largest absolute Gasteiger partial charge is 0.507 e. The van der Waals surface area contributed by atoms with Crippen LogP contribution in [-0.2, 0) is 36.9 Å². The van der Waals surface area contributed by atoms with E-state index in [1.165, 1.54) is 19.0 Å². The lowest BCUT2D eigenvalue weighted by Crippen LogP contribution is -2.74. The molecule has 2 amide bonds. The Morgan fingerprint density at radius 3 is 2.28 bits per heavy atom. The number of hydrogen-bond donors (Lipinski definition) is 4. The number of aliphatic hydroxyl groups is 1. The van der Waals surface area contributed by atoms with Crippen LogP contribution in [0.2, 0.25) is 0 Å². The Hall–Kier alpha value is -3.87. The van der Waals surface area contributed by atoms with Crippen LogP contribution in [0.3, 0.4) is 0 Å². The number of carbonyl (C=O) groups is 6. The Balaban J connectivity index is 1.59. The minimum atomic E-state index is -2.84. The summed E-state index contributed by atoms with van der Waals surface area (Å²) in [6, 6.07) is 3.65. The molecule has 0 heterocycles. The summed E-state index contributed by atoms with van der Waals surface area (Å²) in [5, 5.41) is 35.1. The van der Waals surface area contributed by atoms with Crippen molar-refractivity contribution in [3.63, 3.8) is 0 Å². The summed E-state index contributed by atoms with van der Waals surface area (Å²) in [7, 11) is 3.02. The van der Waals surface area contributed by atoms with Crippen molar-refractivity contribution < 1.29 is 44.1 Å². The first-order chi connectivity index (χ1) is 21.9. The number of aromatic hydroxyl groups is 2. The van der Waals surface area contributed by atoms with Crippen molar-refractivity contribution in [1.82, 2.24) is 9.80 Å². The first kappa shape index (κ1) is 34.5. The third-order valence-electron chi connectivity index (χ3n) is 9.94. The fraction of sp³-hybridized carbons (Fsp3) is 0.529. The summed E-state index contributed by atoms with van der Waals surface area (Å²) in [5.74, 6) is -11.8. The Bertz CT molecular complexity index is 1730. The molecule has 0 radical (unpaired) electrons. The van der Waals surface area contributed by atoms with Gasteiger partial charge in [-0.25, -0.2) is 0 Å². The highest BCUT2D eigenvalue weighted by molar-refractivity contribution is 6.32. The number of amides is 2. The van der Waals surface area contributed by atoms with Gasteiger partial charge in [0.25, 0.3) is 0 Å². The summed E-state index contributed by atoms with van der Waals surface area (Å²) in [5.41, 5.74) is 2.28. The maximum atomic E-state index is 14.1. The minimum absolute atomic E-state index is 0.0603. The van der Waals surface area contributed by atoms with Crippen LogP contribution < -0.4 is 5.73 Å². The number of hydrogen-bond acceptors (Lipinski definition) is 10. The fourth-order valence-corrected chi connectivity index (χ4v) is 7.91. The molecule has 12 nitrogen and oxygen atoms in total. The van der Waals surface area contributed by atoms with Crippen molar-refractivity contribution in [3.05, 3.63) is 34.9 Å². The summed E-state index contributed by atoms with van der Waals surface area (Å²) in [6.07, 6.45) is 0.372. The SMILES string of the molecule is CN(C)[C@@H]1C(=O)C(C(N)=O)C(=O)[C@@]2(O)C(=O)C3C(=O)c4c(c(O)c5ccc(CN(CCCCl)C(=O)C(C)(C)C)cc5c4O)C[C@H]3C[C@@H]12. The van der Waals surface area contributed by atoms with E-state index in [0.717, 1.165) is 0 Å². The number of benzene rings is 2. The number of alkyl halides is 1. The molecule has 5 rings (SSSR count). The lowest BCUT2D eigenvalue weighted by Gasteiger charge is -2.52. The number of fused-ring (bicyclic) bond motifs is 4. The molecule has 0 bridgehead atoms. The van der Waals surface area contributed by atoms with Gasteiger partial charge in [0.15, 0.2) is 34.7 Å². The van der Waals surface area contributed by atoms with Crippen molar-refractivity contribution in [2.45, 2.75) is 58.2 Å². The number of nitrogens with zero attached hydrogens (tertiary/aromatic N) is 2. The molecular formula is C34H40ClN3O9. The normalized spacial score (nSPS) is 27.4. The van der Waals surface area contributed by atoms with Gasteiger partial charge in [0.1, 0.15) is 11.5 Å². The van der Waals surface area contributed by atoms with Crippen LogP contribution in [-0.4, -0.2) is 98.2 Å². The number of primary amides is 1. The standard InChI is InChI=1S/C34H40ClN3O9/c1-33(2,3)32(46)38(10-6-9-35)14-15-7-8-17-18(11-15)26(40)22-19(25(17)39)12-16-13-20-24(37(4)5)28(42)23(31(36)45)30(44)34(20,47)29(43)21(16)27(22)41/h7-8,11,16,20-21,23-24,39-40,47H,6,9-10,12-14H2,1-5H3,(H2,36,45)/t16-,20-,21?,23?,24-,34-/m0/s1. The molecule has 2 fully saturated rings. The Kier molecular flexibility index (Phi) is 8.78. The molecular weight excluding hydrogens is 630 g/mol. The third kappa shape index (κ3) is 5.30. The molecule has 2 unspecified atom stereocenters. The summed E-state index contributed by atoms with van der Waals surface area (Å²) in [4.78, 5) is 83.4. The van der Waals surface area contributed by atoms with Gasteiger partial charge in [-0.2, -0.15) is 0 Å². The molecule has 5 N–H and O–H groups in total. The van der Waals surface area contributed by atoms with E-state index in [9.17, 15) is 44.1 Å². The molecule has 2 aromatic carbocycles. The van der Waals surface area contributed by atoms with Gasteiger partial charge in [-0.3, -0.25) is 33.7 Å². The van der Waals surface area contributed by atoms with Crippen LogP contribution in [0, 0.1) is 29.1 Å². The number of Topliss-reactive ketones (excluding diaryl/α,β-unsaturated/α-hetero) is 4. The average molecular weight is 670 g/mol. The quantitative estimate of drug-likeness (QED) is 0.191. The van der Waals surface area contributed by atoms with Gasteiger partial charge < -0.3 is 26.0 Å². The van der Waals surface area contributed by atoms with Gasteiger partial charge in [-0.05, 0) is 50.9 Å². The van der Waals surface area contributed by atoms with Crippen LogP contribution in [0.15, 0.2) is 18.2 Å². The second-order valence-electron chi connectivity index (χ2n) is 14.2. The Labute approximate surface area is 276 Å². The van der Waals surface area contributed by atoms with E-state index in [4.69, 9.17) is 17.3 Å². The smallest absolute Gasteiger partial charge is 0.235 e. The lowest BCUT2D eigenvalue weighted by atomic mass is 9.52. The van der Waals surface area contributed by atoms with Crippen molar-refractivity contribution >= 4 is 57.3 Å². The number of rotatable bonds is 7. The second kappa shape index (κ2) is 12.0. The maximum Gasteiger partial charge on any atom is 0.235 e. The van der Waals surface area contributed by atoms with Gasteiger partial charge in [-0.1, -0.05) is 32.9 Å². The van der Waals surface area contributed by atoms with Gasteiger partial charge >= 0.3 is 0 Å². The van der Waals surface area contributed by atoms with Crippen LogP contribution in [0.5, 0.6) is 11.5 Å². The van der Waals surface area contributed by atoms with Crippen LogP contribution in [0.1, 0.15) is 55.1 Å². The molecule has 252 valence electrons. The summed E-state index contributed by atoms with van der Waals surface area (Å²) < 4.78 is 0. The van der Waals surface area contributed by atoms with Gasteiger partial charge in [-0.15, -0.1) is 11.6 Å². The van der Waals surface area contributed by atoms with Crippen molar-refractivity contribution in [2.24, 2.45) is 34.8 Å². The molecule has 0 aromatic heterocycles. The fourth-order valence-electron chi connectivity index (χ4n) is 7.79. The molecule has 47 heavy (non-hydrogen) atoms. The van der Waals surface area contributed by atoms with E-state index >= 15 is 0 Å². The Morgan fingerprint density at radius 1 is 1.04 bits per heavy atom. The number of ketones is 4. The van der Waals surface area contributed by atoms with E-state index in [1.807, 2.05) is 0 Å². The van der Waals surface area contributed by atoms with Crippen LogP contribution in [0.25, 0.3) is 10.8 Å². The highest BCUT2D eigenvalue weighted by Gasteiger charge is 2.69. The van der Waals surface area contributed by atoms with Crippen LogP contribution >= 0.6 is 11.6 Å². The number of carbonyl (C=O) groups excluding carboxylic acids is 6. The van der Waals surface area contributed by atoms with E-state index in [0.29, 0.717) is 24.4 Å².